The molecule has 0 saturated carbocycles. The summed E-state index contributed by atoms with van der Waals surface area (Å²) < 4.78 is 5.46. The van der Waals surface area contributed by atoms with Crippen LogP contribution in [0.3, 0.4) is 0 Å². The Hall–Kier alpha value is -3.54. The van der Waals surface area contributed by atoms with Crippen molar-refractivity contribution in [2.75, 3.05) is 18.8 Å². The summed E-state index contributed by atoms with van der Waals surface area (Å²) in [6, 6.07) is 6.33. The van der Waals surface area contributed by atoms with Gasteiger partial charge in [-0.15, -0.1) is 0 Å². The number of nitrogens with two attached hydrogens (primary N) is 1. The van der Waals surface area contributed by atoms with Gasteiger partial charge < -0.3 is 25.6 Å². The van der Waals surface area contributed by atoms with Gasteiger partial charge in [-0.3, -0.25) is 0 Å². The lowest BCUT2D eigenvalue weighted by atomic mass is 9.92. The Morgan fingerprint density at radius 3 is 2.57 bits per heavy atom. The molecule has 1 aliphatic heterocycles. The van der Waals surface area contributed by atoms with Gasteiger partial charge >= 0.3 is 6.09 Å². The lowest BCUT2D eigenvalue weighted by Crippen LogP contribution is -2.42. The van der Waals surface area contributed by atoms with Gasteiger partial charge in [0, 0.05) is 19.0 Å². The molecule has 1 unspecified atom stereocenters. The van der Waals surface area contributed by atoms with Gasteiger partial charge in [0.1, 0.15) is 40.1 Å². The number of anilines is 1. The third-order valence-corrected chi connectivity index (χ3v) is 4.78. The minimum absolute atomic E-state index is 0.0199. The number of ether oxygens (including phenoxy) is 1. The molecule has 0 bridgehead atoms. The average Bonchev–Trinajstić information content (AvgIpc) is 2.66. The van der Waals surface area contributed by atoms with Gasteiger partial charge in [-0.1, -0.05) is 6.07 Å². The Kier molecular flexibility index (Phi) is 5.69. The van der Waals surface area contributed by atoms with E-state index in [9.17, 15) is 20.3 Å². The van der Waals surface area contributed by atoms with E-state index in [0.717, 1.165) is 0 Å². The average molecular weight is 411 g/mol. The molecule has 0 radical (unpaired) electrons. The van der Waals surface area contributed by atoms with Gasteiger partial charge in [0.25, 0.3) is 0 Å². The fraction of sp³-hybridized carbons (Fsp3) is 0.429. The van der Waals surface area contributed by atoms with Crippen LogP contribution in [0.1, 0.15) is 50.8 Å². The van der Waals surface area contributed by atoms with E-state index in [0.29, 0.717) is 31.6 Å². The summed E-state index contributed by atoms with van der Waals surface area (Å²) >= 11 is 0. The van der Waals surface area contributed by atoms with Crippen molar-refractivity contribution in [1.29, 1.82) is 5.26 Å². The van der Waals surface area contributed by atoms with Crippen molar-refractivity contribution in [3.05, 3.63) is 29.5 Å². The second-order valence-corrected chi connectivity index (χ2v) is 8.24. The first-order valence-electron chi connectivity index (χ1n) is 9.67. The first-order valence-corrected chi connectivity index (χ1v) is 9.67. The van der Waals surface area contributed by atoms with Gasteiger partial charge in [-0.2, -0.15) is 5.26 Å². The van der Waals surface area contributed by atoms with Gasteiger partial charge in [-0.05, 0) is 45.7 Å². The highest BCUT2D eigenvalue weighted by atomic mass is 16.6. The maximum Gasteiger partial charge on any atom is 0.410 e. The molecular formula is C21H25N5O4. The normalized spacial score (nSPS) is 16.7. The standard InChI is InChI=1S/C21H25N5O4/c1-21(2,3)30-20(29)26-9-5-6-12(11-26)17-13(10-22)18(23)25-19(24-17)16-14(27)7-4-8-15(16)28/h4,7-8,12,27-28H,5-6,9,11H2,1-3H3,(H2,23,24,25). The number of phenolic OH excluding ortho intramolecular Hbond substituents is 2. The lowest BCUT2D eigenvalue weighted by molar-refractivity contribution is 0.0197. The minimum Gasteiger partial charge on any atom is -0.507 e. The molecule has 1 aromatic heterocycles. The maximum absolute atomic E-state index is 12.5. The SMILES string of the molecule is CC(C)(C)OC(=O)N1CCCC(c2nc(-c3c(O)cccc3O)nc(N)c2C#N)C1. The Balaban J connectivity index is 2.00. The van der Waals surface area contributed by atoms with Gasteiger partial charge in [-0.25, -0.2) is 14.8 Å². The summed E-state index contributed by atoms with van der Waals surface area (Å²) in [4.78, 5) is 22.7. The quantitative estimate of drug-likeness (QED) is 0.683. The van der Waals surface area contributed by atoms with Gasteiger partial charge in [0.05, 0.1) is 5.69 Å². The largest absolute Gasteiger partial charge is 0.507 e. The van der Waals surface area contributed by atoms with Crippen LogP contribution < -0.4 is 5.73 Å². The second kappa shape index (κ2) is 8.06. The number of piperidine rings is 1. The number of nitriles is 1. The number of hydrogen-bond donors (Lipinski definition) is 3. The van der Waals surface area contributed by atoms with Crippen LogP contribution in [0, 0.1) is 11.3 Å². The highest BCUT2D eigenvalue weighted by molar-refractivity contribution is 5.73. The van der Waals surface area contributed by atoms with Gasteiger partial charge in [0.15, 0.2) is 5.82 Å². The van der Waals surface area contributed by atoms with Crippen molar-refractivity contribution < 1.29 is 19.7 Å². The van der Waals surface area contributed by atoms with Crippen LogP contribution in [-0.4, -0.2) is 49.9 Å². The molecule has 158 valence electrons. The molecule has 0 aliphatic carbocycles. The molecule has 9 nitrogen and oxygen atoms in total. The molecule has 1 saturated heterocycles. The number of amides is 1. The van der Waals surface area contributed by atoms with Gasteiger partial charge in [0.2, 0.25) is 0 Å². The third-order valence-electron chi connectivity index (χ3n) is 4.78. The van der Waals surface area contributed by atoms with Crippen LogP contribution in [0.4, 0.5) is 10.6 Å². The van der Waals surface area contributed by atoms with Crippen molar-refractivity contribution in [3.8, 4) is 29.0 Å². The minimum atomic E-state index is -0.614. The Morgan fingerprint density at radius 1 is 1.30 bits per heavy atom. The summed E-state index contributed by atoms with van der Waals surface area (Å²) in [7, 11) is 0. The van der Waals surface area contributed by atoms with Crippen molar-refractivity contribution in [2.24, 2.45) is 0 Å². The maximum atomic E-state index is 12.5. The third kappa shape index (κ3) is 4.38. The zero-order valence-corrected chi connectivity index (χ0v) is 17.2. The predicted molar refractivity (Wildman–Crippen MR) is 110 cm³/mol. The number of likely N-dealkylation sites (tertiary alicyclic amines) is 1. The van der Waals surface area contributed by atoms with Crippen LogP contribution in [0.25, 0.3) is 11.4 Å². The highest BCUT2D eigenvalue weighted by Crippen LogP contribution is 2.38. The highest BCUT2D eigenvalue weighted by Gasteiger charge is 2.31. The molecule has 3 rings (SSSR count). The number of hydrogen-bond acceptors (Lipinski definition) is 8. The summed E-state index contributed by atoms with van der Waals surface area (Å²) in [6.07, 6.45) is 0.971. The molecule has 1 aromatic carbocycles. The van der Waals surface area contributed by atoms with E-state index < -0.39 is 11.7 Å². The molecule has 9 heteroatoms. The Labute approximate surface area is 174 Å². The number of phenols is 2. The first-order chi connectivity index (χ1) is 14.1. The van der Waals surface area contributed by atoms with Crippen LogP contribution in [0.2, 0.25) is 0 Å². The molecule has 2 heterocycles. The van der Waals surface area contributed by atoms with E-state index in [2.05, 4.69) is 9.97 Å². The summed E-state index contributed by atoms with van der Waals surface area (Å²) in [5.74, 6) is -0.702. The van der Waals surface area contributed by atoms with Crippen LogP contribution in [-0.2, 0) is 4.74 Å². The van der Waals surface area contributed by atoms with Crippen molar-refractivity contribution in [3.63, 3.8) is 0 Å². The summed E-state index contributed by atoms with van der Waals surface area (Å²) in [5, 5.41) is 30.0. The fourth-order valence-electron chi connectivity index (χ4n) is 3.47. The van der Waals surface area contributed by atoms with E-state index in [4.69, 9.17) is 10.5 Å². The number of benzene rings is 1. The van der Waals surface area contributed by atoms with E-state index in [1.807, 2.05) is 6.07 Å². The number of aromatic hydroxyl groups is 2. The smallest absolute Gasteiger partial charge is 0.410 e. The Bertz CT molecular complexity index is 989. The summed E-state index contributed by atoms with van der Waals surface area (Å²) in [6.45, 7) is 6.26. The molecular weight excluding hydrogens is 386 g/mol. The molecule has 30 heavy (non-hydrogen) atoms. The number of nitrogens with zero attached hydrogens (tertiary/aromatic N) is 4. The molecule has 0 spiro atoms. The second-order valence-electron chi connectivity index (χ2n) is 8.24. The molecule has 1 fully saturated rings. The molecule has 1 amide bonds. The van der Waals surface area contributed by atoms with Crippen molar-refractivity contribution in [2.45, 2.75) is 45.1 Å². The molecule has 1 aliphatic rings. The zero-order valence-electron chi connectivity index (χ0n) is 17.2. The van der Waals surface area contributed by atoms with Crippen molar-refractivity contribution in [1.82, 2.24) is 14.9 Å². The summed E-state index contributed by atoms with van der Waals surface area (Å²) in [5.41, 5.74) is 5.95. The lowest BCUT2D eigenvalue weighted by Gasteiger charge is -2.34. The van der Waals surface area contributed by atoms with E-state index >= 15 is 0 Å². The topological polar surface area (TPSA) is 146 Å². The number of aromatic nitrogens is 2. The number of rotatable bonds is 2. The predicted octanol–water partition coefficient (Wildman–Crippen LogP) is 3.12. The first kappa shape index (κ1) is 21.2. The van der Waals surface area contributed by atoms with E-state index in [1.165, 1.54) is 18.2 Å². The van der Waals surface area contributed by atoms with E-state index in [1.54, 1.807) is 25.7 Å². The molecule has 1 atom stereocenters. The van der Waals surface area contributed by atoms with Crippen LogP contribution in [0.5, 0.6) is 11.5 Å². The molecule has 4 N–H and O–H groups in total. The van der Waals surface area contributed by atoms with Crippen LogP contribution in [0.15, 0.2) is 18.2 Å². The monoisotopic (exact) mass is 411 g/mol. The number of nitrogen functional groups attached to an aromatic ring is 1. The van der Waals surface area contributed by atoms with Crippen LogP contribution >= 0.6 is 0 Å². The Morgan fingerprint density at radius 2 is 1.97 bits per heavy atom. The fourth-order valence-corrected chi connectivity index (χ4v) is 3.47. The number of carbonyl (C=O) groups excluding carboxylic acids is 1. The van der Waals surface area contributed by atoms with Crippen molar-refractivity contribution >= 4 is 11.9 Å². The number of carbonyl (C=O) groups is 1. The van der Waals surface area contributed by atoms with E-state index in [-0.39, 0.29) is 40.2 Å². The molecule has 2 aromatic rings. The zero-order chi connectivity index (χ0) is 22.1.